The molecular formula is C31H28BrNO5. The zero-order chi connectivity index (χ0) is 26.9. The van der Waals surface area contributed by atoms with Crippen molar-refractivity contribution in [2.24, 2.45) is 0 Å². The third kappa shape index (κ3) is 7.01. The highest BCUT2D eigenvalue weighted by molar-refractivity contribution is 9.10. The molecule has 0 aliphatic carbocycles. The van der Waals surface area contributed by atoms with Gasteiger partial charge in [0, 0.05) is 16.5 Å². The lowest BCUT2D eigenvalue weighted by molar-refractivity contribution is -0.139. The molecule has 0 saturated carbocycles. The average Bonchev–Trinajstić information content (AvgIpc) is 2.93. The summed E-state index contributed by atoms with van der Waals surface area (Å²) in [6, 6.07) is 28.9. The van der Waals surface area contributed by atoms with Crippen molar-refractivity contribution in [3.8, 4) is 28.4 Å². The first-order chi connectivity index (χ1) is 18.4. The molecule has 0 aliphatic heterocycles. The molecule has 1 unspecified atom stereocenters. The summed E-state index contributed by atoms with van der Waals surface area (Å²) in [5, 5.41) is 12.5. The lowest BCUT2D eigenvalue weighted by Gasteiger charge is -2.17. The normalized spacial score (nSPS) is 11.4. The van der Waals surface area contributed by atoms with Crippen molar-refractivity contribution in [3.05, 3.63) is 113 Å². The molecule has 0 saturated heterocycles. The summed E-state index contributed by atoms with van der Waals surface area (Å²) in [4.78, 5) is 25.1. The van der Waals surface area contributed by atoms with E-state index in [9.17, 15) is 14.7 Å². The Kier molecular flexibility index (Phi) is 9.16. The summed E-state index contributed by atoms with van der Waals surface area (Å²) in [5.41, 5.74) is 2.91. The first-order valence-corrected chi connectivity index (χ1v) is 13.1. The van der Waals surface area contributed by atoms with Crippen molar-refractivity contribution in [2.45, 2.75) is 25.8 Å². The Morgan fingerprint density at radius 1 is 0.895 bits per heavy atom. The molecule has 4 aromatic carbocycles. The van der Waals surface area contributed by atoms with E-state index in [1.54, 1.807) is 18.2 Å². The number of carboxylic acid groups (broad SMARTS) is 1. The maximum atomic E-state index is 13.0. The van der Waals surface area contributed by atoms with Crippen LogP contribution in [0.15, 0.2) is 102 Å². The van der Waals surface area contributed by atoms with Crippen LogP contribution in [0.3, 0.4) is 0 Å². The van der Waals surface area contributed by atoms with Crippen LogP contribution in [0.4, 0.5) is 0 Å². The fourth-order valence-corrected chi connectivity index (χ4v) is 4.28. The molecule has 6 nitrogen and oxygen atoms in total. The van der Waals surface area contributed by atoms with Gasteiger partial charge < -0.3 is 19.9 Å². The molecule has 0 bridgehead atoms. The Hall–Kier alpha value is -4.10. The second-order valence-corrected chi connectivity index (χ2v) is 9.58. The number of aliphatic carboxylic acids is 1. The van der Waals surface area contributed by atoms with Crippen LogP contribution in [0.5, 0.6) is 17.2 Å². The molecule has 0 heterocycles. The van der Waals surface area contributed by atoms with Gasteiger partial charge in [-0.1, -0.05) is 83.5 Å². The van der Waals surface area contributed by atoms with Gasteiger partial charge in [0.25, 0.3) is 5.91 Å². The van der Waals surface area contributed by atoms with E-state index >= 15 is 0 Å². The molecule has 0 radical (unpaired) electrons. The number of carbonyl (C=O) groups is 2. The van der Waals surface area contributed by atoms with Gasteiger partial charge >= 0.3 is 5.97 Å². The molecule has 4 rings (SSSR count). The summed E-state index contributed by atoms with van der Waals surface area (Å²) in [7, 11) is 0. The number of ether oxygens (including phenoxy) is 2. The molecule has 7 heteroatoms. The van der Waals surface area contributed by atoms with Crippen molar-refractivity contribution in [1.82, 2.24) is 5.32 Å². The largest absolute Gasteiger partial charge is 0.493 e. The Morgan fingerprint density at radius 3 is 2.32 bits per heavy atom. The molecule has 38 heavy (non-hydrogen) atoms. The van der Waals surface area contributed by atoms with E-state index in [1.807, 2.05) is 85.8 Å². The van der Waals surface area contributed by atoms with Crippen LogP contribution in [-0.2, 0) is 11.2 Å². The maximum absolute atomic E-state index is 13.0. The van der Waals surface area contributed by atoms with E-state index in [0.29, 0.717) is 16.8 Å². The highest BCUT2D eigenvalue weighted by atomic mass is 79.9. The zero-order valence-electron chi connectivity index (χ0n) is 20.9. The summed E-state index contributed by atoms with van der Waals surface area (Å²) in [6.07, 6.45) is 0.913. The number of halogens is 1. The molecule has 4 aromatic rings. The van der Waals surface area contributed by atoms with E-state index in [4.69, 9.17) is 9.47 Å². The van der Waals surface area contributed by atoms with Crippen LogP contribution in [0, 0.1) is 0 Å². The maximum Gasteiger partial charge on any atom is 0.326 e. The molecule has 0 fully saturated rings. The molecule has 2 N–H and O–H groups in total. The van der Waals surface area contributed by atoms with Crippen molar-refractivity contribution >= 4 is 27.8 Å². The lowest BCUT2D eigenvalue weighted by Crippen LogP contribution is -2.42. The van der Waals surface area contributed by atoms with Crippen LogP contribution in [0.25, 0.3) is 11.1 Å². The van der Waals surface area contributed by atoms with Crippen molar-refractivity contribution in [3.63, 3.8) is 0 Å². The molecule has 0 aromatic heterocycles. The van der Waals surface area contributed by atoms with Gasteiger partial charge in [0.1, 0.15) is 23.3 Å². The molecule has 0 aliphatic rings. The minimum atomic E-state index is -1.12. The molecule has 194 valence electrons. The van der Waals surface area contributed by atoms with Gasteiger partial charge in [0.05, 0.1) is 12.2 Å². The molecule has 0 spiro atoms. The summed E-state index contributed by atoms with van der Waals surface area (Å²) < 4.78 is 12.5. The second kappa shape index (κ2) is 12.9. The number of carboxylic acids is 1. The predicted molar refractivity (Wildman–Crippen MR) is 151 cm³/mol. The first-order valence-electron chi connectivity index (χ1n) is 12.3. The van der Waals surface area contributed by atoms with Crippen molar-refractivity contribution in [2.75, 3.05) is 6.61 Å². The Labute approximate surface area is 230 Å². The highest BCUT2D eigenvalue weighted by Crippen LogP contribution is 2.33. The van der Waals surface area contributed by atoms with Gasteiger partial charge in [0.15, 0.2) is 0 Å². The topological polar surface area (TPSA) is 84.9 Å². The van der Waals surface area contributed by atoms with E-state index in [2.05, 4.69) is 21.2 Å². The number of rotatable bonds is 11. The first kappa shape index (κ1) is 26.9. The lowest BCUT2D eigenvalue weighted by atomic mass is 9.99. The van der Waals surface area contributed by atoms with E-state index in [0.717, 1.165) is 34.6 Å². The smallest absolute Gasteiger partial charge is 0.326 e. The van der Waals surface area contributed by atoms with Crippen molar-refractivity contribution < 1.29 is 24.2 Å². The van der Waals surface area contributed by atoms with E-state index in [1.165, 1.54) is 0 Å². The molecular weight excluding hydrogens is 546 g/mol. The van der Waals surface area contributed by atoms with Gasteiger partial charge in [-0.25, -0.2) is 4.79 Å². The minimum absolute atomic E-state index is 0.128. The number of nitrogens with one attached hydrogen (secondary N) is 1. The van der Waals surface area contributed by atoms with Crippen LogP contribution in [0.1, 0.15) is 29.3 Å². The third-order valence-electron chi connectivity index (χ3n) is 5.81. The number of hydrogen-bond donors (Lipinski definition) is 2. The third-order valence-corrected chi connectivity index (χ3v) is 6.31. The fraction of sp³-hybridized carbons (Fsp3) is 0.161. The highest BCUT2D eigenvalue weighted by Gasteiger charge is 2.23. The van der Waals surface area contributed by atoms with Crippen LogP contribution in [-0.4, -0.2) is 29.6 Å². The van der Waals surface area contributed by atoms with Crippen molar-refractivity contribution in [1.29, 1.82) is 0 Å². The molecule has 1 amide bonds. The summed E-state index contributed by atoms with van der Waals surface area (Å²) >= 11 is 3.37. The Morgan fingerprint density at radius 2 is 1.61 bits per heavy atom. The second-order valence-electron chi connectivity index (χ2n) is 8.67. The van der Waals surface area contributed by atoms with Crippen LogP contribution < -0.4 is 14.8 Å². The Balaban J connectivity index is 1.49. The summed E-state index contributed by atoms with van der Waals surface area (Å²) in [6.45, 7) is 2.43. The molecule has 1 atom stereocenters. The predicted octanol–water partition coefficient (Wildman–Crippen LogP) is 7.12. The van der Waals surface area contributed by atoms with E-state index < -0.39 is 17.9 Å². The SMILES string of the molecule is CCCOc1ccc(Br)cc1C(=O)NC(Cc1ccc(-c2ccccc2Oc2ccccc2)cc1)C(=O)O. The van der Waals surface area contributed by atoms with Gasteiger partial charge in [0.2, 0.25) is 0 Å². The fourth-order valence-electron chi connectivity index (χ4n) is 3.92. The van der Waals surface area contributed by atoms with Crippen LogP contribution in [0.2, 0.25) is 0 Å². The Bertz CT molecular complexity index is 1390. The van der Waals surface area contributed by atoms with Gasteiger partial charge in [-0.15, -0.1) is 0 Å². The quantitative estimate of drug-likeness (QED) is 0.199. The van der Waals surface area contributed by atoms with E-state index in [-0.39, 0.29) is 12.0 Å². The average molecular weight is 574 g/mol. The van der Waals surface area contributed by atoms with Gasteiger partial charge in [-0.05, 0) is 53.9 Å². The van der Waals surface area contributed by atoms with Gasteiger partial charge in [-0.3, -0.25) is 4.79 Å². The number of para-hydroxylation sites is 2. The van der Waals surface area contributed by atoms with Gasteiger partial charge in [-0.2, -0.15) is 0 Å². The number of hydrogen-bond acceptors (Lipinski definition) is 4. The number of benzene rings is 4. The van der Waals surface area contributed by atoms with Crippen LogP contribution >= 0.6 is 15.9 Å². The minimum Gasteiger partial charge on any atom is -0.493 e. The standard InChI is InChI=1S/C31H28BrNO5/c1-2-18-37-28-17-16-23(32)20-26(28)30(34)33-27(31(35)36)19-21-12-14-22(15-13-21)25-10-6-7-11-29(25)38-24-8-4-3-5-9-24/h3-17,20,27H,2,18-19H2,1H3,(H,33,34)(H,35,36). The summed E-state index contributed by atoms with van der Waals surface area (Å²) in [5.74, 6) is 0.253. The number of carbonyl (C=O) groups excluding carboxylic acids is 1. The zero-order valence-corrected chi connectivity index (χ0v) is 22.5. The monoisotopic (exact) mass is 573 g/mol. The number of amides is 1.